The third-order valence-corrected chi connectivity index (χ3v) is 4.77. The van der Waals surface area contributed by atoms with Gasteiger partial charge in [-0.3, -0.25) is 0 Å². The van der Waals surface area contributed by atoms with E-state index in [1.54, 1.807) is 6.92 Å². The molecule has 0 aliphatic carbocycles. The van der Waals surface area contributed by atoms with Crippen LogP contribution in [0.3, 0.4) is 0 Å². The van der Waals surface area contributed by atoms with E-state index in [0.29, 0.717) is 24.1 Å². The SMILES string of the molecule is CCCNC1CCN(c2c(F)ccc(C)c2F)C(C)C1C. The minimum Gasteiger partial charge on any atom is -0.364 e. The van der Waals surface area contributed by atoms with Gasteiger partial charge in [-0.25, -0.2) is 8.78 Å². The number of halogens is 2. The zero-order valence-corrected chi connectivity index (χ0v) is 13.4. The fourth-order valence-corrected chi connectivity index (χ4v) is 3.20. The van der Waals surface area contributed by atoms with Gasteiger partial charge in [0.2, 0.25) is 0 Å². The van der Waals surface area contributed by atoms with Crippen molar-refractivity contribution in [3.63, 3.8) is 0 Å². The summed E-state index contributed by atoms with van der Waals surface area (Å²) in [6.07, 6.45) is 2.01. The van der Waals surface area contributed by atoms with Gasteiger partial charge >= 0.3 is 0 Å². The van der Waals surface area contributed by atoms with Gasteiger partial charge in [0.05, 0.1) is 0 Å². The largest absolute Gasteiger partial charge is 0.364 e. The number of hydrogen-bond donors (Lipinski definition) is 1. The fraction of sp³-hybridized carbons (Fsp3) is 0.647. The van der Waals surface area contributed by atoms with Gasteiger partial charge in [0.15, 0.2) is 5.82 Å². The Morgan fingerprint density at radius 2 is 2.00 bits per heavy atom. The van der Waals surface area contributed by atoms with E-state index in [4.69, 9.17) is 0 Å². The van der Waals surface area contributed by atoms with Gasteiger partial charge in [0.1, 0.15) is 11.5 Å². The van der Waals surface area contributed by atoms with E-state index >= 15 is 0 Å². The Balaban J connectivity index is 2.22. The zero-order chi connectivity index (χ0) is 15.6. The van der Waals surface area contributed by atoms with Crippen molar-refractivity contribution in [3.8, 4) is 0 Å². The quantitative estimate of drug-likeness (QED) is 0.907. The normalized spacial score (nSPS) is 26.2. The first-order valence-electron chi connectivity index (χ1n) is 7.92. The molecule has 1 N–H and O–H groups in total. The Hall–Kier alpha value is -1.16. The molecule has 0 amide bonds. The lowest BCUT2D eigenvalue weighted by Crippen LogP contribution is -2.54. The maximum absolute atomic E-state index is 14.3. The molecule has 1 saturated heterocycles. The van der Waals surface area contributed by atoms with Crippen LogP contribution in [0.5, 0.6) is 0 Å². The molecule has 0 aromatic heterocycles. The maximum Gasteiger partial charge on any atom is 0.152 e. The van der Waals surface area contributed by atoms with Crippen molar-refractivity contribution >= 4 is 5.69 Å². The fourth-order valence-electron chi connectivity index (χ4n) is 3.20. The van der Waals surface area contributed by atoms with Gasteiger partial charge in [-0.05, 0) is 50.8 Å². The summed E-state index contributed by atoms with van der Waals surface area (Å²) < 4.78 is 28.5. The second-order valence-electron chi connectivity index (χ2n) is 6.17. The number of anilines is 1. The lowest BCUT2D eigenvalue weighted by Gasteiger charge is -2.44. The Bertz CT molecular complexity index is 490. The number of nitrogens with one attached hydrogen (secondary N) is 1. The molecule has 1 aliphatic rings. The minimum atomic E-state index is -0.461. The molecule has 1 fully saturated rings. The van der Waals surface area contributed by atoms with Crippen molar-refractivity contribution in [2.24, 2.45) is 5.92 Å². The second kappa shape index (κ2) is 6.73. The van der Waals surface area contributed by atoms with Gasteiger partial charge in [-0.15, -0.1) is 0 Å². The average Bonchev–Trinajstić information content (AvgIpc) is 2.47. The third kappa shape index (κ3) is 3.20. The van der Waals surface area contributed by atoms with Crippen LogP contribution in [0.1, 0.15) is 39.2 Å². The van der Waals surface area contributed by atoms with E-state index in [-0.39, 0.29) is 11.7 Å². The molecule has 0 bridgehead atoms. The highest BCUT2D eigenvalue weighted by atomic mass is 19.1. The summed E-state index contributed by atoms with van der Waals surface area (Å²) in [5.41, 5.74) is 0.640. The standard InChI is InChI=1S/C17H26F2N2/c1-5-9-20-15-8-10-21(13(4)12(15)3)17-14(18)7-6-11(2)16(17)19/h6-7,12-13,15,20H,5,8-10H2,1-4H3. The molecule has 0 radical (unpaired) electrons. The predicted molar refractivity (Wildman–Crippen MR) is 83.8 cm³/mol. The smallest absolute Gasteiger partial charge is 0.152 e. The predicted octanol–water partition coefficient (Wildman–Crippen LogP) is 3.88. The Kier molecular flexibility index (Phi) is 5.20. The van der Waals surface area contributed by atoms with Crippen LogP contribution in [0.4, 0.5) is 14.5 Å². The van der Waals surface area contributed by atoms with Crippen LogP contribution in [-0.2, 0) is 0 Å². The summed E-state index contributed by atoms with van der Waals surface area (Å²) in [6.45, 7) is 9.73. The molecule has 3 unspecified atom stereocenters. The van der Waals surface area contributed by atoms with Crippen molar-refractivity contribution in [2.75, 3.05) is 18.0 Å². The van der Waals surface area contributed by atoms with E-state index in [0.717, 1.165) is 19.4 Å². The first-order valence-corrected chi connectivity index (χ1v) is 7.92. The van der Waals surface area contributed by atoms with Crippen LogP contribution in [0.2, 0.25) is 0 Å². The highest BCUT2D eigenvalue weighted by molar-refractivity contribution is 5.53. The van der Waals surface area contributed by atoms with Crippen LogP contribution >= 0.6 is 0 Å². The monoisotopic (exact) mass is 296 g/mol. The first-order chi connectivity index (χ1) is 9.97. The van der Waals surface area contributed by atoms with Crippen LogP contribution < -0.4 is 10.2 Å². The molecule has 2 rings (SSSR count). The lowest BCUT2D eigenvalue weighted by molar-refractivity contribution is 0.268. The molecular formula is C17H26F2N2. The number of nitrogens with zero attached hydrogens (tertiary/aromatic N) is 1. The molecule has 1 heterocycles. The molecule has 1 aliphatic heterocycles. The van der Waals surface area contributed by atoms with Gasteiger partial charge in [0, 0.05) is 18.6 Å². The molecule has 2 nitrogen and oxygen atoms in total. The maximum atomic E-state index is 14.3. The Morgan fingerprint density at radius 3 is 2.67 bits per heavy atom. The van der Waals surface area contributed by atoms with Gasteiger partial charge in [-0.1, -0.05) is 19.9 Å². The molecule has 21 heavy (non-hydrogen) atoms. The van der Waals surface area contributed by atoms with Crippen molar-refractivity contribution in [1.29, 1.82) is 0 Å². The molecule has 1 aromatic rings. The molecular weight excluding hydrogens is 270 g/mol. The number of rotatable bonds is 4. The summed E-state index contributed by atoms with van der Waals surface area (Å²) in [4.78, 5) is 1.90. The van der Waals surface area contributed by atoms with Gasteiger partial charge in [0.25, 0.3) is 0 Å². The summed E-state index contributed by atoms with van der Waals surface area (Å²) in [6, 6.07) is 3.40. The summed E-state index contributed by atoms with van der Waals surface area (Å²) in [5, 5.41) is 3.55. The van der Waals surface area contributed by atoms with Crippen LogP contribution in [-0.4, -0.2) is 25.2 Å². The van der Waals surface area contributed by atoms with Crippen LogP contribution in [0.15, 0.2) is 12.1 Å². The average molecular weight is 296 g/mol. The molecule has 1 aromatic carbocycles. The second-order valence-corrected chi connectivity index (χ2v) is 6.17. The van der Waals surface area contributed by atoms with Crippen LogP contribution in [0.25, 0.3) is 0 Å². The van der Waals surface area contributed by atoms with E-state index in [9.17, 15) is 8.78 Å². The zero-order valence-electron chi connectivity index (χ0n) is 13.4. The summed E-state index contributed by atoms with van der Waals surface area (Å²) in [7, 11) is 0. The van der Waals surface area contributed by atoms with Crippen molar-refractivity contribution in [2.45, 2.75) is 52.6 Å². The van der Waals surface area contributed by atoms with E-state index in [1.807, 2.05) is 4.90 Å². The van der Waals surface area contributed by atoms with Crippen molar-refractivity contribution in [1.82, 2.24) is 5.32 Å². The van der Waals surface area contributed by atoms with E-state index in [2.05, 4.69) is 26.1 Å². The van der Waals surface area contributed by atoms with Crippen molar-refractivity contribution in [3.05, 3.63) is 29.3 Å². The topological polar surface area (TPSA) is 15.3 Å². The molecule has 4 heteroatoms. The number of aryl methyl sites for hydroxylation is 1. The van der Waals surface area contributed by atoms with Gasteiger partial charge in [-0.2, -0.15) is 0 Å². The Labute approximate surface area is 126 Å². The highest BCUT2D eigenvalue weighted by Crippen LogP contribution is 2.33. The van der Waals surface area contributed by atoms with Crippen molar-refractivity contribution < 1.29 is 8.78 Å². The first kappa shape index (κ1) is 16.2. The number of piperidine rings is 1. The molecule has 3 atom stereocenters. The van der Waals surface area contributed by atoms with E-state index < -0.39 is 11.6 Å². The highest BCUT2D eigenvalue weighted by Gasteiger charge is 2.34. The molecule has 0 saturated carbocycles. The molecule has 118 valence electrons. The minimum absolute atomic E-state index is 0.110. The lowest BCUT2D eigenvalue weighted by atomic mass is 9.86. The van der Waals surface area contributed by atoms with Gasteiger partial charge < -0.3 is 10.2 Å². The number of benzene rings is 1. The van der Waals surface area contributed by atoms with Crippen LogP contribution in [0, 0.1) is 24.5 Å². The summed E-state index contributed by atoms with van der Waals surface area (Å²) in [5.74, 6) is -0.532. The van der Waals surface area contributed by atoms with E-state index in [1.165, 1.54) is 12.1 Å². The summed E-state index contributed by atoms with van der Waals surface area (Å²) >= 11 is 0. The number of hydrogen-bond acceptors (Lipinski definition) is 2. The Morgan fingerprint density at radius 1 is 1.29 bits per heavy atom. The third-order valence-electron chi connectivity index (χ3n) is 4.77. The molecule has 0 spiro atoms.